The van der Waals surface area contributed by atoms with Crippen LogP contribution in [0.4, 0.5) is 0 Å². The van der Waals surface area contributed by atoms with E-state index in [1.165, 1.54) is 13.8 Å². The van der Waals surface area contributed by atoms with Gasteiger partial charge >= 0.3 is 11.3 Å². The third-order valence-corrected chi connectivity index (χ3v) is 4.66. The number of phenolic OH excluding ortho intramolecular Hbond substituents is 2. The Morgan fingerprint density at radius 3 is 2.33 bits per heavy atom. The molecule has 1 aliphatic carbocycles. The van der Waals surface area contributed by atoms with Gasteiger partial charge in [0.25, 0.3) is 0 Å². The van der Waals surface area contributed by atoms with Crippen molar-refractivity contribution >= 4 is 27.8 Å². The quantitative estimate of drug-likeness (QED) is 0.327. The summed E-state index contributed by atoms with van der Waals surface area (Å²) in [4.78, 5) is 24.5. The van der Waals surface area contributed by atoms with Gasteiger partial charge in [-0.05, 0) is 26.0 Å². The third kappa shape index (κ3) is 1.49. The first-order valence-electron chi connectivity index (χ1n) is 7.02. The van der Waals surface area contributed by atoms with E-state index in [2.05, 4.69) is 0 Å². The molecule has 0 saturated carbocycles. The van der Waals surface area contributed by atoms with Gasteiger partial charge in [0.05, 0.1) is 10.6 Å². The molecule has 4 N–H and O–H groups in total. The molecular formula is C16H12O8. The molecule has 2 unspecified atom stereocenters. The molecule has 2 aromatic heterocycles. The summed E-state index contributed by atoms with van der Waals surface area (Å²) in [6, 6.07) is 0.985. The smallest absolute Gasteiger partial charge is 0.344 e. The van der Waals surface area contributed by atoms with Crippen molar-refractivity contribution in [2.45, 2.75) is 25.0 Å². The molecule has 2 atom stereocenters. The average Bonchev–Trinajstić information content (AvgIpc) is 2.48. The number of rotatable bonds is 0. The fourth-order valence-corrected chi connectivity index (χ4v) is 3.09. The molecule has 1 aliphatic rings. The lowest BCUT2D eigenvalue weighted by Crippen LogP contribution is -2.51. The summed E-state index contributed by atoms with van der Waals surface area (Å²) in [5.41, 5.74) is -6.16. The van der Waals surface area contributed by atoms with Crippen molar-refractivity contribution < 1.29 is 29.3 Å². The Morgan fingerprint density at radius 2 is 1.67 bits per heavy atom. The largest absolute Gasteiger partial charge is 0.504 e. The lowest BCUT2D eigenvalue weighted by atomic mass is 9.77. The Kier molecular flexibility index (Phi) is 2.44. The maximum absolute atomic E-state index is 12.3. The minimum atomic E-state index is -2.01. The Morgan fingerprint density at radius 1 is 1.00 bits per heavy atom. The van der Waals surface area contributed by atoms with Gasteiger partial charge in [-0.1, -0.05) is 0 Å². The van der Waals surface area contributed by atoms with Crippen LogP contribution in [-0.2, 0) is 5.60 Å². The second-order valence-corrected chi connectivity index (χ2v) is 6.26. The van der Waals surface area contributed by atoms with Gasteiger partial charge in [-0.2, -0.15) is 0 Å². The van der Waals surface area contributed by atoms with Crippen LogP contribution in [0.2, 0.25) is 0 Å². The zero-order valence-corrected chi connectivity index (χ0v) is 12.6. The van der Waals surface area contributed by atoms with Crippen LogP contribution in [-0.4, -0.2) is 26.0 Å². The van der Waals surface area contributed by atoms with Crippen molar-refractivity contribution in [2.24, 2.45) is 0 Å². The maximum Gasteiger partial charge on any atom is 0.344 e. The molecule has 0 spiro atoms. The molecule has 124 valence electrons. The lowest BCUT2D eigenvalue weighted by Gasteiger charge is -2.37. The summed E-state index contributed by atoms with van der Waals surface area (Å²) in [6.07, 6.45) is 1.12. The number of hydrogen-bond donors (Lipinski definition) is 4. The molecule has 3 aromatic rings. The number of aromatic hydroxyl groups is 2. The van der Waals surface area contributed by atoms with Crippen LogP contribution in [0.3, 0.4) is 0 Å². The molecule has 4 rings (SSSR count). The summed E-state index contributed by atoms with van der Waals surface area (Å²) >= 11 is 0. The average molecular weight is 332 g/mol. The molecule has 8 nitrogen and oxygen atoms in total. The van der Waals surface area contributed by atoms with Crippen molar-refractivity contribution in [2.75, 3.05) is 0 Å². The van der Waals surface area contributed by atoms with Crippen LogP contribution >= 0.6 is 0 Å². The van der Waals surface area contributed by atoms with Crippen LogP contribution < -0.4 is 16.5 Å². The maximum atomic E-state index is 12.3. The number of aliphatic hydroxyl groups is 2. The van der Waals surface area contributed by atoms with Crippen molar-refractivity contribution in [3.05, 3.63) is 37.9 Å². The summed E-state index contributed by atoms with van der Waals surface area (Å²) < 4.78 is 10.2. The van der Waals surface area contributed by atoms with Gasteiger partial charge in [-0.3, -0.25) is 0 Å². The highest BCUT2D eigenvalue weighted by Gasteiger charge is 2.48. The van der Waals surface area contributed by atoms with Crippen LogP contribution in [0.5, 0.6) is 11.5 Å². The minimum absolute atomic E-state index is 0.0261. The van der Waals surface area contributed by atoms with Crippen LogP contribution in [0.25, 0.3) is 27.8 Å². The van der Waals surface area contributed by atoms with Crippen molar-refractivity contribution in [1.82, 2.24) is 0 Å². The van der Waals surface area contributed by atoms with Gasteiger partial charge in [0, 0.05) is 10.8 Å². The van der Waals surface area contributed by atoms with E-state index < -0.39 is 39.5 Å². The number of benzene rings is 1. The molecule has 24 heavy (non-hydrogen) atoms. The Balaban J connectivity index is 2.48. The van der Waals surface area contributed by atoms with Crippen molar-refractivity contribution in [3.63, 3.8) is 0 Å². The molecular weight excluding hydrogens is 320 g/mol. The van der Waals surface area contributed by atoms with Gasteiger partial charge in [-0.15, -0.1) is 0 Å². The first-order chi connectivity index (χ1) is 11.1. The van der Waals surface area contributed by atoms with E-state index in [9.17, 15) is 30.0 Å². The third-order valence-electron chi connectivity index (χ3n) is 4.66. The van der Waals surface area contributed by atoms with E-state index in [1.807, 2.05) is 0 Å². The van der Waals surface area contributed by atoms with Crippen LogP contribution in [0.15, 0.2) is 24.5 Å². The second kappa shape index (κ2) is 3.97. The summed E-state index contributed by atoms with van der Waals surface area (Å²) in [5.74, 6) is -1.68. The van der Waals surface area contributed by atoms with Crippen molar-refractivity contribution in [3.8, 4) is 11.5 Å². The molecule has 0 bridgehead atoms. The highest BCUT2D eigenvalue weighted by atomic mass is 16.4. The van der Waals surface area contributed by atoms with E-state index in [0.29, 0.717) is 0 Å². The molecule has 0 radical (unpaired) electrons. The second-order valence-electron chi connectivity index (χ2n) is 6.26. The lowest BCUT2D eigenvalue weighted by molar-refractivity contribution is -0.110. The first kappa shape index (κ1) is 14.7. The molecule has 0 aliphatic heterocycles. The zero-order chi connectivity index (χ0) is 17.6. The first-order valence-corrected chi connectivity index (χ1v) is 7.02. The fourth-order valence-electron chi connectivity index (χ4n) is 3.09. The summed E-state index contributed by atoms with van der Waals surface area (Å²) in [7, 11) is 0. The molecule has 8 heteroatoms. The number of hydrogen-bond acceptors (Lipinski definition) is 8. The topological polar surface area (TPSA) is 141 Å². The molecule has 0 saturated heterocycles. The Labute approximate surface area is 132 Å². The van der Waals surface area contributed by atoms with Gasteiger partial charge < -0.3 is 29.3 Å². The summed E-state index contributed by atoms with van der Waals surface area (Å²) in [5, 5.41) is 40.7. The Bertz CT molecular complexity index is 1210. The normalized spacial score (nSPS) is 26.0. The number of phenols is 2. The van der Waals surface area contributed by atoms with E-state index in [-0.39, 0.29) is 27.1 Å². The predicted octanol–water partition coefficient (Wildman–Crippen LogP) is -0.218. The molecule has 0 amide bonds. The fraction of sp³-hybridized carbons (Fsp3) is 0.250. The van der Waals surface area contributed by atoms with Gasteiger partial charge in [-0.25, -0.2) is 9.59 Å². The van der Waals surface area contributed by atoms with Gasteiger partial charge in [0.15, 0.2) is 22.7 Å². The SMILES string of the molecule is CC1(O)C=c2c(=O)oc3c(O)c(O)cc4c(=O)oc(c2c34)C1(C)O. The molecule has 1 aromatic carbocycles. The summed E-state index contributed by atoms with van der Waals surface area (Å²) in [6.45, 7) is 2.49. The van der Waals surface area contributed by atoms with Crippen molar-refractivity contribution in [1.29, 1.82) is 0 Å². The van der Waals surface area contributed by atoms with E-state index >= 15 is 0 Å². The minimum Gasteiger partial charge on any atom is -0.504 e. The molecule has 2 heterocycles. The highest BCUT2D eigenvalue weighted by Crippen LogP contribution is 2.43. The Hall–Kier alpha value is -2.84. The monoisotopic (exact) mass is 332 g/mol. The molecule has 0 fully saturated rings. The van der Waals surface area contributed by atoms with E-state index in [4.69, 9.17) is 8.83 Å². The van der Waals surface area contributed by atoms with Crippen LogP contribution in [0.1, 0.15) is 19.6 Å². The van der Waals surface area contributed by atoms with Gasteiger partial charge in [0.1, 0.15) is 5.60 Å². The van der Waals surface area contributed by atoms with Crippen LogP contribution in [0, 0.1) is 0 Å². The van der Waals surface area contributed by atoms with Gasteiger partial charge in [0.2, 0.25) is 5.75 Å². The predicted molar refractivity (Wildman–Crippen MR) is 81.7 cm³/mol. The standard InChI is InChI=1S/C16H12O8/c1-15(21)4-6-9-8-5(13(19)24-12(9)16(15,2)22)3-7(17)10(18)11(8)23-14(6)20/h3-4,17-18,21-22H,1-2H3. The van der Waals surface area contributed by atoms with E-state index in [1.54, 1.807) is 0 Å². The zero-order valence-electron chi connectivity index (χ0n) is 12.6. The van der Waals surface area contributed by atoms with E-state index in [0.717, 1.165) is 12.1 Å². The highest BCUT2D eigenvalue weighted by molar-refractivity contribution is 6.11.